The lowest BCUT2D eigenvalue weighted by Gasteiger charge is -2.18. The maximum atomic E-state index is 13.3. The van der Waals surface area contributed by atoms with Gasteiger partial charge in [-0.3, -0.25) is 19.4 Å². The topological polar surface area (TPSA) is 101 Å². The number of rotatable bonds is 4. The van der Waals surface area contributed by atoms with Crippen LogP contribution in [-0.2, 0) is 11.3 Å². The van der Waals surface area contributed by atoms with E-state index in [1.807, 2.05) is 13.0 Å². The largest absolute Gasteiger partial charge is 0.376 e. The predicted molar refractivity (Wildman–Crippen MR) is 116 cm³/mol. The number of hydrogen-bond acceptors (Lipinski definition) is 5. The summed E-state index contributed by atoms with van der Waals surface area (Å²) in [6.45, 7) is 3.01. The number of hydrogen-bond donors (Lipinski definition) is 2. The van der Waals surface area contributed by atoms with Gasteiger partial charge >= 0.3 is 0 Å². The van der Waals surface area contributed by atoms with Gasteiger partial charge in [-0.15, -0.1) is 0 Å². The summed E-state index contributed by atoms with van der Waals surface area (Å²) in [5.74, 6) is -0.298. The Labute approximate surface area is 179 Å². The SMILES string of the molecule is Cc1ccc2nc3c(cc(C(=O)NC4CCCC4)c(=N)n3C[C@H]3CCCO3)c(=O)n2c1. The van der Waals surface area contributed by atoms with Gasteiger partial charge in [0.1, 0.15) is 16.8 Å². The number of ether oxygens (including phenoxy) is 1. The van der Waals surface area contributed by atoms with Gasteiger partial charge in [-0.05, 0) is 50.3 Å². The fourth-order valence-corrected chi connectivity index (χ4v) is 4.72. The van der Waals surface area contributed by atoms with E-state index in [1.54, 1.807) is 16.8 Å². The quantitative estimate of drug-likeness (QED) is 0.631. The van der Waals surface area contributed by atoms with E-state index < -0.39 is 0 Å². The van der Waals surface area contributed by atoms with Crippen LogP contribution in [0.4, 0.5) is 0 Å². The van der Waals surface area contributed by atoms with E-state index in [9.17, 15) is 9.59 Å². The third-order valence-electron chi connectivity index (χ3n) is 6.40. The second-order valence-electron chi connectivity index (χ2n) is 8.70. The number of fused-ring (bicyclic) bond motifs is 2. The first-order chi connectivity index (χ1) is 15.0. The number of aromatic nitrogens is 3. The average Bonchev–Trinajstić information content (AvgIpc) is 3.45. The zero-order valence-electron chi connectivity index (χ0n) is 17.7. The summed E-state index contributed by atoms with van der Waals surface area (Å²) in [6.07, 6.45) is 7.67. The molecule has 1 atom stereocenters. The summed E-state index contributed by atoms with van der Waals surface area (Å²) >= 11 is 0. The molecule has 0 bridgehead atoms. The molecule has 1 aliphatic carbocycles. The first-order valence-corrected chi connectivity index (χ1v) is 11.0. The maximum Gasteiger partial charge on any atom is 0.267 e. The Morgan fingerprint density at radius 3 is 2.81 bits per heavy atom. The molecule has 8 nitrogen and oxygen atoms in total. The van der Waals surface area contributed by atoms with E-state index >= 15 is 0 Å². The molecule has 5 rings (SSSR count). The van der Waals surface area contributed by atoms with Crippen molar-refractivity contribution in [2.24, 2.45) is 0 Å². The predicted octanol–water partition coefficient (Wildman–Crippen LogP) is 2.29. The molecule has 2 N–H and O–H groups in total. The van der Waals surface area contributed by atoms with E-state index in [2.05, 4.69) is 5.32 Å². The van der Waals surface area contributed by atoms with E-state index in [0.29, 0.717) is 29.8 Å². The summed E-state index contributed by atoms with van der Waals surface area (Å²) in [7, 11) is 0. The van der Waals surface area contributed by atoms with Crippen LogP contribution >= 0.6 is 0 Å². The highest BCUT2D eigenvalue weighted by atomic mass is 16.5. The molecule has 2 fully saturated rings. The number of nitrogens with zero attached hydrogens (tertiary/aromatic N) is 3. The number of amides is 1. The van der Waals surface area contributed by atoms with Gasteiger partial charge in [-0.25, -0.2) is 4.98 Å². The standard InChI is InChI=1S/C23H27N5O3/c1-14-8-9-19-26-21-18(23(30)27(19)12-14)11-17(22(29)25-15-5-2-3-6-15)20(24)28(21)13-16-7-4-10-31-16/h8-9,11-12,15-16,24H,2-7,10,13H2,1H3,(H,25,29)/t16-/m1/s1. The number of carbonyl (C=O) groups excluding carboxylic acids is 1. The van der Waals surface area contributed by atoms with E-state index in [4.69, 9.17) is 15.1 Å². The van der Waals surface area contributed by atoms with Gasteiger partial charge in [0.15, 0.2) is 0 Å². The highest BCUT2D eigenvalue weighted by Crippen LogP contribution is 2.19. The van der Waals surface area contributed by atoms with Crippen LogP contribution in [0.2, 0.25) is 0 Å². The van der Waals surface area contributed by atoms with Crippen molar-refractivity contribution >= 4 is 22.6 Å². The Morgan fingerprint density at radius 1 is 1.26 bits per heavy atom. The van der Waals surface area contributed by atoms with Gasteiger partial charge in [0.2, 0.25) is 0 Å². The van der Waals surface area contributed by atoms with Crippen molar-refractivity contribution in [1.29, 1.82) is 5.41 Å². The first kappa shape index (κ1) is 19.9. The minimum atomic E-state index is -0.298. The van der Waals surface area contributed by atoms with Crippen molar-refractivity contribution in [1.82, 2.24) is 19.3 Å². The maximum absolute atomic E-state index is 13.3. The molecule has 1 saturated heterocycles. The van der Waals surface area contributed by atoms with Crippen LogP contribution in [0.25, 0.3) is 16.7 Å². The van der Waals surface area contributed by atoms with Crippen LogP contribution in [0.3, 0.4) is 0 Å². The van der Waals surface area contributed by atoms with Crippen LogP contribution < -0.4 is 16.4 Å². The molecule has 31 heavy (non-hydrogen) atoms. The molecule has 0 aromatic carbocycles. The summed E-state index contributed by atoms with van der Waals surface area (Å²) in [6, 6.07) is 5.38. The molecule has 1 amide bonds. The number of nitrogens with one attached hydrogen (secondary N) is 2. The lowest BCUT2D eigenvalue weighted by atomic mass is 10.1. The monoisotopic (exact) mass is 421 g/mol. The van der Waals surface area contributed by atoms with Gasteiger partial charge in [0, 0.05) is 18.8 Å². The van der Waals surface area contributed by atoms with Gasteiger partial charge in [-0.1, -0.05) is 18.9 Å². The second kappa shape index (κ2) is 7.92. The molecular formula is C23H27N5O3. The lowest BCUT2D eigenvalue weighted by Crippen LogP contribution is -2.39. The van der Waals surface area contributed by atoms with Crippen LogP contribution in [0.5, 0.6) is 0 Å². The van der Waals surface area contributed by atoms with Crippen molar-refractivity contribution < 1.29 is 9.53 Å². The molecule has 0 unspecified atom stereocenters. The van der Waals surface area contributed by atoms with Crippen molar-refractivity contribution in [3.63, 3.8) is 0 Å². The molecule has 1 aliphatic heterocycles. The molecule has 1 saturated carbocycles. The Morgan fingerprint density at radius 2 is 2.06 bits per heavy atom. The second-order valence-corrected chi connectivity index (χ2v) is 8.70. The molecule has 3 aromatic heterocycles. The van der Waals surface area contributed by atoms with Gasteiger partial charge < -0.3 is 14.6 Å². The number of aryl methyl sites for hydroxylation is 1. The smallest absolute Gasteiger partial charge is 0.267 e. The first-order valence-electron chi connectivity index (χ1n) is 11.0. The molecule has 3 aromatic rings. The molecule has 0 spiro atoms. The molecule has 8 heteroatoms. The third kappa shape index (κ3) is 3.65. The van der Waals surface area contributed by atoms with E-state index in [1.165, 1.54) is 10.5 Å². The van der Waals surface area contributed by atoms with Crippen molar-refractivity contribution in [2.75, 3.05) is 6.61 Å². The minimum Gasteiger partial charge on any atom is -0.376 e. The molecule has 4 heterocycles. The van der Waals surface area contributed by atoms with E-state index in [-0.39, 0.29) is 34.7 Å². The Hall–Kier alpha value is -3.00. The van der Waals surface area contributed by atoms with Crippen LogP contribution in [0.1, 0.15) is 54.4 Å². The fourth-order valence-electron chi connectivity index (χ4n) is 4.72. The summed E-state index contributed by atoms with van der Waals surface area (Å²) < 4.78 is 8.97. The molecule has 0 radical (unpaired) electrons. The normalized spacial score (nSPS) is 19.5. The summed E-state index contributed by atoms with van der Waals surface area (Å²) in [5, 5.41) is 12.2. The van der Waals surface area contributed by atoms with Gasteiger partial charge in [0.25, 0.3) is 11.5 Å². The van der Waals surface area contributed by atoms with Crippen molar-refractivity contribution in [3.05, 3.63) is 51.4 Å². The minimum absolute atomic E-state index is 0.0521. The zero-order chi connectivity index (χ0) is 21.5. The Bertz CT molecular complexity index is 1280. The van der Waals surface area contributed by atoms with Crippen LogP contribution in [0, 0.1) is 12.3 Å². The molecule has 162 valence electrons. The third-order valence-corrected chi connectivity index (χ3v) is 6.40. The Balaban J connectivity index is 1.71. The van der Waals surface area contributed by atoms with Gasteiger partial charge in [-0.2, -0.15) is 0 Å². The highest BCUT2D eigenvalue weighted by molar-refractivity contribution is 5.97. The summed E-state index contributed by atoms with van der Waals surface area (Å²) in [4.78, 5) is 31.1. The van der Waals surface area contributed by atoms with E-state index in [0.717, 1.165) is 44.1 Å². The average molecular weight is 422 g/mol. The lowest BCUT2D eigenvalue weighted by molar-refractivity contribution is 0.0921. The Kier molecular flexibility index (Phi) is 5.09. The number of pyridine rings is 2. The zero-order valence-corrected chi connectivity index (χ0v) is 17.7. The summed E-state index contributed by atoms with van der Waals surface area (Å²) in [5.41, 5.74) is 1.93. The van der Waals surface area contributed by atoms with Gasteiger partial charge in [0.05, 0.1) is 23.6 Å². The highest BCUT2D eigenvalue weighted by Gasteiger charge is 2.24. The van der Waals surface area contributed by atoms with Crippen molar-refractivity contribution in [3.8, 4) is 0 Å². The van der Waals surface area contributed by atoms with Crippen molar-refractivity contribution in [2.45, 2.75) is 64.1 Å². The van der Waals surface area contributed by atoms with Crippen LogP contribution in [0.15, 0.2) is 29.2 Å². The number of carbonyl (C=O) groups is 1. The molecule has 2 aliphatic rings. The molecular weight excluding hydrogens is 394 g/mol. The van der Waals surface area contributed by atoms with Crippen LogP contribution in [-0.4, -0.2) is 38.6 Å². The fraction of sp³-hybridized carbons (Fsp3) is 0.478.